The highest BCUT2D eigenvalue weighted by atomic mass is 19.4. The highest BCUT2D eigenvalue weighted by molar-refractivity contribution is 5.82. The van der Waals surface area contributed by atoms with Crippen LogP contribution in [0.1, 0.15) is 13.8 Å². The first-order chi connectivity index (χ1) is 7.69. The number of rotatable bonds is 3. The second-order valence-corrected chi connectivity index (χ2v) is 3.90. The first-order valence-electron chi connectivity index (χ1n) is 4.42. The lowest BCUT2D eigenvalue weighted by Gasteiger charge is -2.32. The van der Waals surface area contributed by atoms with E-state index < -0.39 is 29.5 Å². The molecule has 0 unspecified atom stereocenters. The molecular weight excluding hydrogens is 270 g/mol. The maximum absolute atomic E-state index is 12.2. The number of alkyl halides is 6. The predicted octanol–water partition coefficient (Wildman–Crippen LogP) is 2.35. The van der Waals surface area contributed by atoms with E-state index in [2.05, 4.69) is 11.3 Å². The number of esters is 1. The van der Waals surface area contributed by atoms with Gasteiger partial charge < -0.3 is 9.84 Å². The van der Waals surface area contributed by atoms with Gasteiger partial charge in [-0.25, -0.2) is 4.79 Å². The summed E-state index contributed by atoms with van der Waals surface area (Å²) >= 11 is 0. The fourth-order valence-corrected chi connectivity index (χ4v) is 0.747. The zero-order chi connectivity index (χ0) is 15.0. The Morgan fingerprint density at radius 3 is 1.67 bits per heavy atom. The molecule has 0 aliphatic rings. The molecule has 18 heavy (non-hydrogen) atoms. The third-order valence-electron chi connectivity index (χ3n) is 1.96. The van der Waals surface area contributed by atoms with Crippen LogP contribution in [-0.4, -0.2) is 34.6 Å². The van der Waals surface area contributed by atoms with Crippen molar-refractivity contribution in [3.8, 4) is 0 Å². The Morgan fingerprint density at radius 2 is 1.44 bits per heavy atom. The summed E-state index contributed by atoms with van der Waals surface area (Å²) in [4.78, 5) is 11.0. The van der Waals surface area contributed by atoms with E-state index >= 15 is 0 Å². The third-order valence-corrected chi connectivity index (χ3v) is 1.96. The molecule has 0 atom stereocenters. The lowest BCUT2D eigenvalue weighted by molar-refractivity contribution is -0.358. The van der Waals surface area contributed by atoms with Crippen molar-refractivity contribution in [2.75, 3.05) is 0 Å². The Morgan fingerprint density at radius 1 is 1.11 bits per heavy atom. The van der Waals surface area contributed by atoms with Gasteiger partial charge in [-0.2, -0.15) is 26.3 Å². The van der Waals surface area contributed by atoms with Crippen molar-refractivity contribution >= 4 is 5.97 Å². The zero-order valence-corrected chi connectivity index (χ0v) is 9.32. The topological polar surface area (TPSA) is 46.5 Å². The van der Waals surface area contributed by atoms with Crippen LogP contribution in [0.15, 0.2) is 12.7 Å². The van der Waals surface area contributed by atoms with Crippen LogP contribution in [0.3, 0.4) is 0 Å². The molecule has 0 heterocycles. The molecule has 9 heteroatoms. The molecule has 0 bridgehead atoms. The Balaban J connectivity index is 5.53. The summed E-state index contributed by atoms with van der Waals surface area (Å²) in [7, 11) is 0. The number of carbonyl (C=O) groups excluding carboxylic acids is 1. The van der Waals surface area contributed by atoms with E-state index in [0.717, 1.165) is 19.9 Å². The van der Waals surface area contributed by atoms with Gasteiger partial charge in [-0.15, -0.1) is 0 Å². The molecule has 0 aliphatic heterocycles. The van der Waals surface area contributed by atoms with Crippen LogP contribution in [0, 0.1) is 0 Å². The van der Waals surface area contributed by atoms with Gasteiger partial charge in [-0.05, 0) is 19.9 Å². The molecule has 0 aromatic rings. The normalized spacial score (nSPS) is 14.3. The highest BCUT2D eigenvalue weighted by Crippen LogP contribution is 2.44. The summed E-state index contributed by atoms with van der Waals surface area (Å²) < 4.78 is 77.4. The molecule has 3 nitrogen and oxygen atoms in total. The largest absolute Gasteiger partial charge is 0.453 e. The number of aliphatic hydroxyl groups is 1. The molecule has 0 radical (unpaired) electrons. The van der Waals surface area contributed by atoms with Crippen molar-refractivity contribution in [2.45, 2.75) is 37.4 Å². The minimum absolute atomic E-state index is 0.818. The van der Waals surface area contributed by atoms with Crippen LogP contribution in [0.4, 0.5) is 26.3 Å². The Kier molecular flexibility index (Phi) is 4.14. The summed E-state index contributed by atoms with van der Waals surface area (Å²) in [6, 6.07) is 0. The van der Waals surface area contributed by atoms with Crippen LogP contribution in [0.2, 0.25) is 0 Å². The summed E-state index contributed by atoms with van der Waals surface area (Å²) in [5.74, 6) is -2.85. The average Bonchev–Trinajstić information content (AvgIpc) is 2.12. The van der Waals surface area contributed by atoms with Gasteiger partial charge in [0.1, 0.15) is 5.60 Å². The molecule has 0 aromatic heterocycles. The van der Waals surface area contributed by atoms with Gasteiger partial charge in [0.05, 0.1) is 0 Å². The van der Waals surface area contributed by atoms with Crippen LogP contribution in [0.25, 0.3) is 0 Å². The van der Waals surface area contributed by atoms with Gasteiger partial charge in [-0.3, -0.25) is 0 Å². The molecule has 0 spiro atoms. The Labute approximate surface area is 98.0 Å². The van der Waals surface area contributed by atoms with E-state index in [0.29, 0.717) is 0 Å². The number of hydrogen-bond donors (Lipinski definition) is 1. The first kappa shape index (κ1) is 16.8. The second-order valence-electron chi connectivity index (χ2n) is 3.90. The van der Waals surface area contributed by atoms with E-state index in [9.17, 15) is 31.1 Å². The quantitative estimate of drug-likeness (QED) is 0.490. The monoisotopic (exact) mass is 280 g/mol. The molecule has 0 amide bonds. The lowest BCUT2D eigenvalue weighted by atomic mass is 10.0. The number of ether oxygens (including phenoxy) is 1. The second kappa shape index (κ2) is 4.45. The molecule has 0 fully saturated rings. The van der Waals surface area contributed by atoms with Crippen LogP contribution in [-0.2, 0) is 9.53 Å². The minimum atomic E-state index is -6.25. The van der Waals surface area contributed by atoms with Crippen molar-refractivity contribution < 1.29 is 41.0 Å². The van der Waals surface area contributed by atoms with E-state index in [1.165, 1.54) is 0 Å². The van der Waals surface area contributed by atoms with Gasteiger partial charge in [0.15, 0.2) is 0 Å². The van der Waals surface area contributed by atoms with E-state index in [4.69, 9.17) is 5.11 Å². The number of halogens is 6. The Hall–Kier alpha value is -1.25. The van der Waals surface area contributed by atoms with Crippen molar-refractivity contribution in [1.82, 2.24) is 0 Å². The fraction of sp³-hybridized carbons (Fsp3) is 0.667. The van der Waals surface area contributed by atoms with Crippen LogP contribution >= 0.6 is 0 Å². The van der Waals surface area contributed by atoms with E-state index in [-0.39, 0.29) is 0 Å². The van der Waals surface area contributed by atoms with Crippen LogP contribution < -0.4 is 0 Å². The Bertz CT molecular complexity index is 327. The van der Waals surface area contributed by atoms with Gasteiger partial charge in [0.25, 0.3) is 0 Å². The summed E-state index contributed by atoms with van der Waals surface area (Å²) in [6.45, 7) is 5.08. The smallest absolute Gasteiger partial charge is 0.437 e. The highest BCUT2D eigenvalue weighted by Gasteiger charge is 2.77. The zero-order valence-electron chi connectivity index (χ0n) is 9.32. The standard InChI is InChI=1S/C9H10F6O3/c1-4-6(2,3)18-5(16)7(17,8(10,11)12)9(13,14)15/h4,17H,1H2,2-3H3. The SMILES string of the molecule is C=CC(C)(C)OC(=O)C(O)(C(F)(F)F)C(F)(F)F. The number of hydrogen-bond acceptors (Lipinski definition) is 3. The predicted molar refractivity (Wildman–Crippen MR) is 47.4 cm³/mol. The van der Waals surface area contributed by atoms with E-state index in [1.807, 2.05) is 0 Å². The average molecular weight is 280 g/mol. The van der Waals surface area contributed by atoms with Gasteiger partial charge >= 0.3 is 23.9 Å². The lowest BCUT2D eigenvalue weighted by Crippen LogP contribution is -2.63. The van der Waals surface area contributed by atoms with Gasteiger partial charge in [0, 0.05) is 0 Å². The number of carbonyl (C=O) groups is 1. The molecule has 0 saturated carbocycles. The maximum atomic E-state index is 12.2. The van der Waals surface area contributed by atoms with Crippen LogP contribution in [0.5, 0.6) is 0 Å². The molecule has 1 N–H and O–H groups in total. The summed E-state index contributed by atoms with van der Waals surface area (Å²) in [5, 5.41) is 8.65. The third kappa shape index (κ3) is 2.95. The maximum Gasteiger partial charge on any atom is 0.437 e. The summed E-state index contributed by atoms with van der Waals surface area (Å²) in [5.41, 5.74) is -7.36. The fourth-order valence-electron chi connectivity index (χ4n) is 0.747. The van der Waals surface area contributed by atoms with Crippen molar-refractivity contribution in [3.05, 3.63) is 12.7 Å². The van der Waals surface area contributed by atoms with Crippen molar-refractivity contribution in [3.63, 3.8) is 0 Å². The molecule has 0 rings (SSSR count). The molecule has 0 aliphatic carbocycles. The van der Waals surface area contributed by atoms with Gasteiger partial charge in [0.2, 0.25) is 0 Å². The first-order valence-corrected chi connectivity index (χ1v) is 4.42. The van der Waals surface area contributed by atoms with Crippen molar-refractivity contribution in [1.29, 1.82) is 0 Å². The minimum Gasteiger partial charge on any atom is -0.453 e. The molecular formula is C9H10F6O3. The van der Waals surface area contributed by atoms with Crippen molar-refractivity contribution in [2.24, 2.45) is 0 Å². The molecule has 106 valence electrons. The molecule has 0 saturated heterocycles. The van der Waals surface area contributed by atoms with Gasteiger partial charge in [-0.1, -0.05) is 6.58 Å². The summed E-state index contributed by atoms with van der Waals surface area (Å²) in [6.07, 6.45) is -11.7. The molecule has 0 aromatic carbocycles. The van der Waals surface area contributed by atoms with E-state index in [1.54, 1.807) is 0 Å².